The lowest BCUT2D eigenvalue weighted by Gasteiger charge is -2.20. The molecule has 0 spiro atoms. The van der Waals surface area contributed by atoms with Gasteiger partial charge >= 0.3 is 0 Å². The summed E-state index contributed by atoms with van der Waals surface area (Å²) in [5, 5.41) is 21.1. The van der Waals surface area contributed by atoms with Gasteiger partial charge in [0.15, 0.2) is 0 Å². The predicted molar refractivity (Wildman–Crippen MR) is 97.6 cm³/mol. The zero-order valence-electron chi connectivity index (χ0n) is 15.3. The highest BCUT2D eigenvalue weighted by atomic mass is 16.3. The number of benzene rings is 2. The van der Waals surface area contributed by atoms with Crippen LogP contribution < -0.4 is 0 Å². The molecule has 0 saturated heterocycles. The van der Waals surface area contributed by atoms with Gasteiger partial charge in [-0.3, -0.25) is 0 Å². The molecule has 2 aromatic carbocycles. The molecule has 23 heavy (non-hydrogen) atoms. The molecule has 0 atom stereocenters. The SMILES string of the molecule is Cc1cc(O)c(-c2cc(C(C)C)c(O)c(C(C)C)c2)c(C)c1C. The van der Waals surface area contributed by atoms with Gasteiger partial charge < -0.3 is 10.2 Å². The lowest BCUT2D eigenvalue weighted by atomic mass is 9.86. The Labute approximate surface area is 139 Å². The second-order valence-electron chi connectivity index (χ2n) is 7.15. The Morgan fingerprint density at radius 3 is 1.65 bits per heavy atom. The molecule has 0 bridgehead atoms. The van der Waals surface area contributed by atoms with Gasteiger partial charge in [-0.05, 0) is 84.2 Å². The lowest BCUT2D eigenvalue weighted by molar-refractivity contribution is 0.454. The average molecular weight is 312 g/mol. The maximum atomic E-state index is 10.6. The molecule has 2 heteroatoms. The monoisotopic (exact) mass is 312 g/mol. The number of hydrogen-bond acceptors (Lipinski definition) is 2. The van der Waals surface area contributed by atoms with Crippen LogP contribution in [0.15, 0.2) is 18.2 Å². The summed E-state index contributed by atoms with van der Waals surface area (Å²) in [7, 11) is 0. The Morgan fingerprint density at radius 1 is 0.739 bits per heavy atom. The van der Waals surface area contributed by atoms with Crippen LogP contribution in [0.3, 0.4) is 0 Å². The van der Waals surface area contributed by atoms with Gasteiger partial charge in [0.05, 0.1) is 0 Å². The van der Waals surface area contributed by atoms with E-state index in [1.54, 1.807) is 0 Å². The largest absolute Gasteiger partial charge is 0.507 e. The molecule has 124 valence electrons. The van der Waals surface area contributed by atoms with Crippen LogP contribution in [0.5, 0.6) is 11.5 Å². The minimum atomic E-state index is 0.224. The van der Waals surface area contributed by atoms with E-state index in [2.05, 4.69) is 34.6 Å². The van der Waals surface area contributed by atoms with Crippen LogP contribution in [0.1, 0.15) is 67.3 Å². The highest BCUT2D eigenvalue weighted by Crippen LogP contribution is 2.42. The van der Waals surface area contributed by atoms with E-state index in [-0.39, 0.29) is 11.8 Å². The van der Waals surface area contributed by atoms with Crippen LogP contribution in [-0.4, -0.2) is 10.2 Å². The third-order valence-electron chi connectivity index (χ3n) is 4.84. The zero-order chi connectivity index (χ0) is 17.5. The summed E-state index contributed by atoms with van der Waals surface area (Å²) in [6, 6.07) is 5.86. The quantitative estimate of drug-likeness (QED) is 0.736. The van der Waals surface area contributed by atoms with Gasteiger partial charge in [0.25, 0.3) is 0 Å². The van der Waals surface area contributed by atoms with E-state index in [1.165, 1.54) is 5.56 Å². The van der Waals surface area contributed by atoms with E-state index in [0.717, 1.165) is 33.4 Å². The Balaban J connectivity index is 2.82. The number of aryl methyl sites for hydroxylation is 1. The third-order valence-corrected chi connectivity index (χ3v) is 4.84. The van der Waals surface area contributed by atoms with Crippen molar-refractivity contribution >= 4 is 0 Å². The Bertz CT molecular complexity index is 711. The fourth-order valence-corrected chi connectivity index (χ4v) is 3.13. The minimum absolute atomic E-state index is 0.224. The average Bonchev–Trinajstić information content (AvgIpc) is 2.45. The summed E-state index contributed by atoms with van der Waals surface area (Å²) in [5.74, 6) is 1.14. The van der Waals surface area contributed by atoms with E-state index in [4.69, 9.17) is 0 Å². The first-order valence-corrected chi connectivity index (χ1v) is 8.32. The van der Waals surface area contributed by atoms with Crippen LogP contribution in [0.2, 0.25) is 0 Å². The predicted octanol–water partition coefficient (Wildman–Crippen LogP) is 5.94. The Hall–Kier alpha value is -1.96. The molecule has 0 fully saturated rings. The topological polar surface area (TPSA) is 40.5 Å². The summed E-state index contributed by atoms with van der Waals surface area (Å²) in [6.45, 7) is 14.5. The minimum Gasteiger partial charge on any atom is -0.507 e. The zero-order valence-corrected chi connectivity index (χ0v) is 15.3. The molecular weight excluding hydrogens is 284 g/mol. The molecule has 0 radical (unpaired) electrons. The molecule has 0 aliphatic carbocycles. The molecule has 0 aliphatic rings. The lowest BCUT2D eigenvalue weighted by Crippen LogP contribution is -1.99. The first-order valence-electron chi connectivity index (χ1n) is 8.32. The van der Waals surface area contributed by atoms with Gasteiger partial charge in [-0.2, -0.15) is 0 Å². The maximum absolute atomic E-state index is 10.6. The molecule has 0 aromatic heterocycles. The van der Waals surface area contributed by atoms with Crippen LogP contribution in [0, 0.1) is 20.8 Å². The maximum Gasteiger partial charge on any atom is 0.123 e. The first kappa shape index (κ1) is 17.4. The standard InChI is InChI=1S/C21H28O2/c1-11(2)17-9-16(10-18(12(3)4)21(17)23)20-15(7)14(6)13(5)8-19(20)22/h8-12,22-23H,1-7H3. The summed E-state index contributed by atoms with van der Waals surface area (Å²) in [5.41, 5.74) is 7.10. The first-order chi connectivity index (χ1) is 10.6. The van der Waals surface area contributed by atoms with Gasteiger partial charge in [-0.15, -0.1) is 0 Å². The molecule has 0 aliphatic heterocycles. The fourth-order valence-electron chi connectivity index (χ4n) is 3.13. The van der Waals surface area contributed by atoms with Crippen LogP contribution in [0.25, 0.3) is 11.1 Å². The smallest absolute Gasteiger partial charge is 0.123 e. The van der Waals surface area contributed by atoms with Gasteiger partial charge in [0.2, 0.25) is 0 Å². The van der Waals surface area contributed by atoms with E-state index in [0.29, 0.717) is 11.5 Å². The fraction of sp³-hybridized carbons (Fsp3) is 0.429. The van der Waals surface area contributed by atoms with Crippen LogP contribution in [0.4, 0.5) is 0 Å². The number of hydrogen-bond donors (Lipinski definition) is 2. The summed E-state index contributed by atoms with van der Waals surface area (Å²) in [6.07, 6.45) is 0. The molecule has 0 saturated carbocycles. The van der Waals surface area contributed by atoms with Crippen molar-refractivity contribution in [2.45, 2.75) is 60.3 Å². The van der Waals surface area contributed by atoms with Crippen molar-refractivity contribution in [3.05, 3.63) is 46.0 Å². The number of phenolic OH excluding ortho intramolecular Hbond substituents is 2. The third kappa shape index (κ3) is 3.08. The van der Waals surface area contributed by atoms with E-state index < -0.39 is 0 Å². The van der Waals surface area contributed by atoms with Gasteiger partial charge in [0, 0.05) is 5.56 Å². The van der Waals surface area contributed by atoms with Gasteiger partial charge in [0.1, 0.15) is 11.5 Å². The number of rotatable bonds is 3. The van der Waals surface area contributed by atoms with Crippen molar-refractivity contribution in [1.82, 2.24) is 0 Å². The second-order valence-corrected chi connectivity index (χ2v) is 7.15. The summed E-state index contributed by atoms with van der Waals surface area (Å²) < 4.78 is 0. The molecule has 2 N–H and O–H groups in total. The van der Waals surface area contributed by atoms with Crippen molar-refractivity contribution in [2.75, 3.05) is 0 Å². The highest BCUT2D eigenvalue weighted by molar-refractivity contribution is 5.77. The van der Waals surface area contributed by atoms with E-state index in [9.17, 15) is 10.2 Å². The van der Waals surface area contributed by atoms with E-state index >= 15 is 0 Å². The Kier molecular flexibility index (Phi) is 4.74. The molecule has 2 rings (SSSR count). The van der Waals surface area contributed by atoms with Crippen LogP contribution >= 0.6 is 0 Å². The van der Waals surface area contributed by atoms with E-state index in [1.807, 2.05) is 32.0 Å². The molecule has 2 aromatic rings. The van der Waals surface area contributed by atoms with Crippen LogP contribution in [-0.2, 0) is 0 Å². The second kappa shape index (κ2) is 6.27. The number of aromatic hydroxyl groups is 2. The number of phenols is 2. The molecular formula is C21H28O2. The van der Waals surface area contributed by atoms with Crippen molar-refractivity contribution in [3.63, 3.8) is 0 Å². The van der Waals surface area contributed by atoms with Crippen molar-refractivity contribution in [3.8, 4) is 22.6 Å². The summed E-state index contributed by atoms with van der Waals surface area (Å²) in [4.78, 5) is 0. The highest BCUT2D eigenvalue weighted by Gasteiger charge is 2.19. The van der Waals surface area contributed by atoms with Crippen molar-refractivity contribution < 1.29 is 10.2 Å². The molecule has 2 nitrogen and oxygen atoms in total. The van der Waals surface area contributed by atoms with Gasteiger partial charge in [-0.1, -0.05) is 27.7 Å². The Morgan fingerprint density at radius 2 is 1.22 bits per heavy atom. The van der Waals surface area contributed by atoms with Crippen molar-refractivity contribution in [1.29, 1.82) is 0 Å². The van der Waals surface area contributed by atoms with Crippen molar-refractivity contribution in [2.24, 2.45) is 0 Å². The summed E-state index contributed by atoms with van der Waals surface area (Å²) >= 11 is 0. The molecule has 0 amide bonds. The van der Waals surface area contributed by atoms with Gasteiger partial charge in [-0.25, -0.2) is 0 Å². The molecule has 0 heterocycles. The molecule has 0 unspecified atom stereocenters. The normalized spacial score (nSPS) is 11.5.